The first kappa shape index (κ1) is 14.6. The first-order valence-corrected chi connectivity index (χ1v) is 7.30. The third kappa shape index (κ3) is 4.06. The van der Waals surface area contributed by atoms with Crippen LogP contribution in [0.3, 0.4) is 0 Å². The number of nitrogens with one attached hydrogen (secondary N) is 1. The molecule has 4 nitrogen and oxygen atoms in total. The highest BCUT2D eigenvalue weighted by Crippen LogP contribution is 2.17. The van der Waals surface area contributed by atoms with Crippen LogP contribution in [-0.2, 0) is 0 Å². The van der Waals surface area contributed by atoms with E-state index in [1.807, 2.05) is 19.1 Å². The number of aliphatic hydroxyl groups excluding tert-OH is 1. The minimum absolute atomic E-state index is 0.262. The van der Waals surface area contributed by atoms with E-state index in [1.165, 1.54) is 12.8 Å². The highest BCUT2D eigenvalue weighted by Gasteiger charge is 2.20. The molecule has 0 saturated carbocycles. The summed E-state index contributed by atoms with van der Waals surface area (Å²) in [5.74, 6) is 0.861. The maximum atomic E-state index is 9.36. The Labute approximate surface area is 119 Å². The fourth-order valence-electron chi connectivity index (χ4n) is 2.53. The molecule has 19 heavy (non-hydrogen) atoms. The Morgan fingerprint density at radius 3 is 3.05 bits per heavy atom. The number of likely N-dealkylation sites (tertiary alicyclic amines) is 1. The normalized spacial score (nSPS) is 20.5. The second kappa shape index (κ2) is 7.08. The zero-order chi connectivity index (χ0) is 13.7. The predicted molar refractivity (Wildman–Crippen MR) is 78.8 cm³/mol. The molecule has 1 aromatic rings. The molecule has 0 aliphatic carbocycles. The van der Waals surface area contributed by atoms with Gasteiger partial charge < -0.3 is 10.4 Å². The largest absolute Gasteiger partial charge is 0.395 e. The van der Waals surface area contributed by atoms with E-state index in [-0.39, 0.29) is 6.61 Å². The molecule has 106 valence electrons. The van der Waals surface area contributed by atoms with Gasteiger partial charge in [0.15, 0.2) is 0 Å². The van der Waals surface area contributed by atoms with Crippen molar-refractivity contribution < 1.29 is 5.11 Å². The van der Waals surface area contributed by atoms with Crippen LogP contribution < -0.4 is 5.32 Å². The van der Waals surface area contributed by atoms with E-state index < -0.39 is 0 Å². The van der Waals surface area contributed by atoms with Gasteiger partial charge in [0, 0.05) is 19.1 Å². The van der Waals surface area contributed by atoms with Crippen LogP contribution in [0.1, 0.15) is 25.0 Å². The summed E-state index contributed by atoms with van der Waals surface area (Å²) in [4.78, 5) is 6.74. The van der Waals surface area contributed by atoms with E-state index >= 15 is 0 Å². The van der Waals surface area contributed by atoms with Crippen molar-refractivity contribution in [2.45, 2.75) is 32.2 Å². The second-order valence-corrected chi connectivity index (χ2v) is 5.47. The summed E-state index contributed by atoms with van der Waals surface area (Å²) in [6, 6.07) is 4.09. The molecule has 1 saturated heterocycles. The highest BCUT2D eigenvalue weighted by atomic mass is 35.5. The van der Waals surface area contributed by atoms with E-state index in [1.54, 1.807) is 0 Å². The quantitative estimate of drug-likeness (QED) is 0.871. The average Bonchev–Trinajstić information content (AvgIpc) is 2.43. The summed E-state index contributed by atoms with van der Waals surface area (Å²) in [7, 11) is 0. The lowest BCUT2D eigenvalue weighted by Crippen LogP contribution is -2.44. The van der Waals surface area contributed by atoms with Crippen LogP contribution in [0.25, 0.3) is 0 Å². The molecule has 1 aliphatic rings. The van der Waals surface area contributed by atoms with Gasteiger partial charge in [-0.3, -0.25) is 4.90 Å². The van der Waals surface area contributed by atoms with Gasteiger partial charge in [-0.15, -0.1) is 0 Å². The van der Waals surface area contributed by atoms with Crippen LogP contribution in [-0.4, -0.2) is 47.3 Å². The van der Waals surface area contributed by atoms with Gasteiger partial charge in [0.25, 0.3) is 0 Å². The summed E-state index contributed by atoms with van der Waals surface area (Å²) in [6.45, 7) is 5.03. The number of aryl methyl sites for hydroxylation is 1. The molecule has 1 fully saturated rings. The lowest BCUT2D eigenvalue weighted by molar-refractivity contribution is 0.0940. The van der Waals surface area contributed by atoms with Gasteiger partial charge in [0.2, 0.25) is 0 Å². The number of aromatic nitrogens is 1. The van der Waals surface area contributed by atoms with Crippen molar-refractivity contribution in [3.8, 4) is 0 Å². The molecule has 5 heteroatoms. The van der Waals surface area contributed by atoms with Crippen molar-refractivity contribution in [2.24, 2.45) is 0 Å². The number of halogens is 1. The maximum absolute atomic E-state index is 9.36. The Kier molecular flexibility index (Phi) is 5.43. The zero-order valence-corrected chi connectivity index (χ0v) is 12.2. The summed E-state index contributed by atoms with van der Waals surface area (Å²) in [5.41, 5.74) is 0.845. The fraction of sp³-hybridized carbons (Fsp3) is 0.643. The summed E-state index contributed by atoms with van der Waals surface area (Å²) in [5, 5.41) is 13.4. The number of hydrogen-bond acceptors (Lipinski definition) is 4. The Morgan fingerprint density at radius 2 is 2.32 bits per heavy atom. The third-order valence-corrected chi connectivity index (χ3v) is 4.09. The van der Waals surface area contributed by atoms with Crippen molar-refractivity contribution in [1.29, 1.82) is 0 Å². The van der Waals surface area contributed by atoms with Crippen LogP contribution >= 0.6 is 11.6 Å². The first-order valence-electron chi connectivity index (χ1n) is 6.92. The molecule has 1 aliphatic heterocycles. The minimum atomic E-state index is 0.262. The number of nitrogens with zero attached hydrogens (tertiary/aromatic N) is 2. The molecule has 2 rings (SSSR count). The van der Waals surface area contributed by atoms with Gasteiger partial charge in [-0.25, -0.2) is 4.98 Å². The Hall–Kier alpha value is -0.840. The van der Waals surface area contributed by atoms with Crippen LogP contribution in [0.5, 0.6) is 0 Å². The van der Waals surface area contributed by atoms with Gasteiger partial charge in [-0.05, 0) is 38.4 Å². The topological polar surface area (TPSA) is 48.4 Å². The molecule has 0 bridgehead atoms. The van der Waals surface area contributed by atoms with Crippen molar-refractivity contribution in [3.63, 3.8) is 0 Å². The Balaban J connectivity index is 1.80. The van der Waals surface area contributed by atoms with E-state index in [0.29, 0.717) is 11.1 Å². The van der Waals surface area contributed by atoms with E-state index in [2.05, 4.69) is 15.2 Å². The fourth-order valence-corrected chi connectivity index (χ4v) is 2.64. The number of aliphatic hydroxyl groups is 1. The summed E-state index contributed by atoms with van der Waals surface area (Å²) in [6.07, 6.45) is 3.57. The third-order valence-electron chi connectivity index (χ3n) is 3.69. The molecular formula is C14H22ClN3O. The summed E-state index contributed by atoms with van der Waals surface area (Å²) < 4.78 is 0. The highest BCUT2D eigenvalue weighted by molar-refractivity contribution is 6.31. The molecule has 1 aromatic heterocycles. The first-order chi connectivity index (χ1) is 9.20. The SMILES string of the molecule is Cc1nc(NCCN2CCCCC2CO)ccc1Cl. The van der Waals surface area contributed by atoms with Gasteiger partial charge in [-0.1, -0.05) is 18.0 Å². The number of piperidine rings is 1. The molecule has 2 N–H and O–H groups in total. The molecule has 0 radical (unpaired) electrons. The summed E-state index contributed by atoms with van der Waals surface area (Å²) >= 11 is 5.95. The minimum Gasteiger partial charge on any atom is -0.395 e. The zero-order valence-electron chi connectivity index (χ0n) is 11.4. The predicted octanol–water partition coefficient (Wildman–Crippen LogP) is 2.30. The molecule has 0 aromatic carbocycles. The number of rotatable bonds is 5. The van der Waals surface area contributed by atoms with Gasteiger partial charge in [0.05, 0.1) is 17.3 Å². The van der Waals surface area contributed by atoms with Crippen LogP contribution in [0.15, 0.2) is 12.1 Å². The van der Waals surface area contributed by atoms with Crippen molar-refractivity contribution in [2.75, 3.05) is 31.6 Å². The molecule has 1 atom stereocenters. The van der Waals surface area contributed by atoms with Gasteiger partial charge in [-0.2, -0.15) is 0 Å². The van der Waals surface area contributed by atoms with Crippen LogP contribution in [0.2, 0.25) is 5.02 Å². The molecule has 2 heterocycles. The monoisotopic (exact) mass is 283 g/mol. The van der Waals surface area contributed by atoms with E-state index in [4.69, 9.17) is 11.6 Å². The van der Waals surface area contributed by atoms with Crippen molar-refractivity contribution in [3.05, 3.63) is 22.8 Å². The van der Waals surface area contributed by atoms with Gasteiger partial charge >= 0.3 is 0 Å². The molecule has 0 spiro atoms. The maximum Gasteiger partial charge on any atom is 0.126 e. The van der Waals surface area contributed by atoms with Crippen LogP contribution in [0, 0.1) is 6.92 Å². The molecule has 1 unspecified atom stereocenters. The Bertz CT molecular complexity index is 414. The molecule has 0 amide bonds. The lowest BCUT2D eigenvalue weighted by atomic mass is 10.0. The number of hydrogen-bond donors (Lipinski definition) is 2. The molecular weight excluding hydrogens is 262 g/mol. The van der Waals surface area contributed by atoms with Crippen LogP contribution in [0.4, 0.5) is 5.82 Å². The smallest absolute Gasteiger partial charge is 0.126 e. The van der Waals surface area contributed by atoms with E-state index in [9.17, 15) is 5.11 Å². The number of anilines is 1. The van der Waals surface area contributed by atoms with E-state index in [0.717, 1.165) is 37.6 Å². The standard InChI is InChI=1S/C14H22ClN3O/c1-11-13(15)5-6-14(17-11)16-7-9-18-8-3-2-4-12(18)10-19/h5-6,12,19H,2-4,7-10H2,1H3,(H,16,17). The van der Waals surface area contributed by atoms with Crippen molar-refractivity contribution in [1.82, 2.24) is 9.88 Å². The number of pyridine rings is 1. The van der Waals surface area contributed by atoms with Gasteiger partial charge in [0.1, 0.15) is 5.82 Å². The Morgan fingerprint density at radius 1 is 1.47 bits per heavy atom. The average molecular weight is 284 g/mol. The second-order valence-electron chi connectivity index (χ2n) is 5.06. The lowest BCUT2D eigenvalue weighted by Gasteiger charge is -2.34. The van der Waals surface area contributed by atoms with Crippen molar-refractivity contribution >= 4 is 17.4 Å².